The van der Waals surface area contributed by atoms with Crippen LogP contribution < -0.4 is 20.7 Å². The van der Waals surface area contributed by atoms with E-state index in [4.69, 9.17) is 4.74 Å². The number of fused-ring (bicyclic) bond motifs is 1. The van der Waals surface area contributed by atoms with Gasteiger partial charge in [-0.05, 0) is 54.9 Å². The van der Waals surface area contributed by atoms with E-state index in [-0.39, 0.29) is 23.6 Å². The Kier molecular flexibility index (Phi) is 7.66. The maximum Gasteiger partial charge on any atom is 0.322 e. The Morgan fingerprint density at radius 1 is 1.05 bits per heavy atom. The predicted octanol–water partition coefficient (Wildman–Crippen LogP) is 5.27. The number of hydrogen-bond acceptors (Lipinski definition) is 8. The van der Waals surface area contributed by atoms with Crippen molar-refractivity contribution in [2.45, 2.75) is 0 Å². The van der Waals surface area contributed by atoms with Gasteiger partial charge < -0.3 is 30.5 Å². The average Bonchev–Trinajstić information content (AvgIpc) is 3.40. The van der Waals surface area contributed by atoms with Crippen LogP contribution in [0.3, 0.4) is 0 Å². The van der Waals surface area contributed by atoms with Crippen LogP contribution in [0.2, 0.25) is 0 Å². The lowest BCUT2D eigenvalue weighted by Crippen LogP contribution is -2.48. The van der Waals surface area contributed by atoms with Crippen molar-refractivity contribution in [2.24, 2.45) is 0 Å². The molecule has 0 bridgehead atoms. The highest BCUT2D eigenvalue weighted by Crippen LogP contribution is 2.34. The fourth-order valence-corrected chi connectivity index (χ4v) is 4.69. The van der Waals surface area contributed by atoms with E-state index in [1.54, 1.807) is 35.2 Å². The largest absolute Gasteiger partial charge is 0.437 e. The Bertz CT molecular complexity index is 1540. The zero-order valence-corrected chi connectivity index (χ0v) is 21.9. The van der Waals surface area contributed by atoms with Crippen LogP contribution in [0.1, 0.15) is 0 Å². The zero-order valence-electron chi connectivity index (χ0n) is 21.1. The second kappa shape index (κ2) is 11.5. The molecule has 39 heavy (non-hydrogen) atoms. The first-order valence-electron chi connectivity index (χ1n) is 12.2. The topological polar surface area (TPSA) is 112 Å². The molecule has 0 atom stereocenters. The molecule has 200 valence electrons. The van der Waals surface area contributed by atoms with Crippen LogP contribution in [0.15, 0.2) is 66.6 Å². The molecule has 1 fully saturated rings. The molecule has 12 heteroatoms. The number of benzene rings is 2. The number of thiophene rings is 1. The molecule has 3 amide bonds. The molecule has 0 spiro atoms. The summed E-state index contributed by atoms with van der Waals surface area (Å²) in [6.07, 6.45) is 1.18. The molecule has 5 rings (SSSR count). The molecular weight excluding hydrogens is 521 g/mol. The number of anilines is 4. The molecule has 2 aromatic heterocycles. The molecule has 3 N–H and O–H groups in total. The molecule has 0 aliphatic carbocycles. The number of halogens is 1. The molecule has 10 nitrogen and oxygen atoms in total. The summed E-state index contributed by atoms with van der Waals surface area (Å²) in [7, 11) is 2.00. The van der Waals surface area contributed by atoms with Gasteiger partial charge in [-0.15, -0.1) is 11.3 Å². The van der Waals surface area contributed by atoms with Crippen molar-refractivity contribution in [1.82, 2.24) is 19.8 Å². The fraction of sp³-hybridized carbons (Fsp3) is 0.185. The van der Waals surface area contributed by atoms with Crippen LogP contribution in [-0.2, 0) is 4.79 Å². The number of aromatic nitrogens is 2. The van der Waals surface area contributed by atoms with Crippen LogP contribution in [0.25, 0.3) is 10.2 Å². The smallest absolute Gasteiger partial charge is 0.322 e. The van der Waals surface area contributed by atoms with Gasteiger partial charge in [0.1, 0.15) is 16.3 Å². The van der Waals surface area contributed by atoms with Gasteiger partial charge in [-0.3, -0.25) is 4.79 Å². The van der Waals surface area contributed by atoms with Gasteiger partial charge in [-0.25, -0.2) is 14.2 Å². The Morgan fingerprint density at radius 3 is 2.64 bits per heavy atom. The first-order valence-corrected chi connectivity index (χ1v) is 13.0. The maximum absolute atomic E-state index is 14.9. The lowest BCUT2D eigenvalue weighted by atomic mass is 10.2. The fourth-order valence-electron chi connectivity index (χ4n) is 3.93. The van der Waals surface area contributed by atoms with Crippen molar-refractivity contribution < 1.29 is 18.7 Å². The molecular formula is C27H26FN7O3S. The summed E-state index contributed by atoms with van der Waals surface area (Å²) < 4.78 is 21.7. The minimum absolute atomic E-state index is 0.0890. The number of nitrogens with zero attached hydrogens (tertiary/aromatic N) is 4. The molecule has 1 aliphatic heterocycles. The van der Waals surface area contributed by atoms with Gasteiger partial charge in [0.25, 0.3) is 0 Å². The molecule has 0 saturated carbocycles. The number of carbonyl (C=O) groups is 2. The Balaban J connectivity index is 1.32. The van der Waals surface area contributed by atoms with Gasteiger partial charge >= 0.3 is 6.03 Å². The van der Waals surface area contributed by atoms with Crippen LogP contribution in [-0.4, -0.2) is 64.9 Å². The van der Waals surface area contributed by atoms with Gasteiger partial charge in [0, 0.05) is 43.6 Å². The third kappa shape index (κ3) is 6.30. The van der Waals surface area contributed by atoms with Crippen LogP contribution >= 0.6 is 11.3 Å². The lowest BCUT2D eigenvalue weighted by molar-refractivity contribution is -0.111. The molecule has 2 aromatic carbocycles. The highest BCUT2D eigenvalue weighted by molar-refractivity contribution is 7.17. The number of ether oxygens (including phenoxy) is 1. The molecule has 0 unspecified atom stereocenters. The summed E-state index contributed by atoms with van der Waals surface area (Å²) in [6, 6.07) is 12.8. The van der Waals surface area contributed by atoms with E-state index >= 15 is 0 Å². The minimum atomic E-state index is -0.589. The molecule has 4 aromatic rings. The Hall–Kier alpha value is -4.55. The molecule has 1 aliphatic rings. The highest BCUT2D eigenvalue weighted by Gasteiger charge is 2.20. The lowest BCUT2D eigenvalue weighted by Gasteiger charge is -2.32. The van der Waals surface area contributed by atoms with E-state index < -0.39 is 5.82 Å². The van der Waals surface area contributed by atoms with Crippen molar-refractivity contribution in [3.05, 3.63) is 72.4 Å². The normalized spacial score (nSPS) is 13.6. The summed E-state index contributed by atoms with van der Waals surface area (Å²) in [6.45, 7) is 6.18. The van der Waals surface area contributed by atoms with Crippen molar-refractivity contribution in [1.29, 1.82) is 0 Å². The van der Waals surface area contributed by atoms with E-state index in [9.17, 15) is 14.0 Å². The van der Waals surface area contributed by atoms with Gasteiger partial charge in [0.05, 0.1) is 11.2 Å². The quantitative estimate of drug-likeness (QED) is 0.270. The van der Waals surface area contributed by atoms with Gasteiger partial charge in [-0.2, -0.15) is 4.98 Å². The van der Waals surface area contributed by atoms with Crippen LogP contribution in [0.4, 0.5) is 32.2 Å². The van der Waals surface area contributed by atoms with E-state index in [0.29, 0.717) is 41.6 Å². The standard InChI is InChI=1S/C27H26FN7O3S/c1-3-23(36)29-17-5-4-6-19(15-17)38-25-24-22(9-14-39-24)31-26(33-25)30-18-7-8-21(20(28)16-18)32-27(37)35-12-10-34(2)11-13-35/h3-9,14-16H,1,10-13H2,2H3,(H,29,36)(H,32,37)(H,30,31,33). The summed E-state index contributed by atoms with van der Waals surface area (Å²) in [4.78, 5) is 37.0. The van der Waals surface area contributed by atoms with Crippen molar-refractivity contribution in [3.63, 3.8) is 0 Å². The highest BCUT2D eigenvalue weighted by atomic mass is 32.1. The maximum atomic E-state index is 14.9. The summed E-state index contributed by atoms with van der Waals surface area (Å²) in [5, 5.41) is 10.2. The zero-order chi connectivity index (χ0) is 27.4. The van der Waals surface area contributed by atoms with E-state index in [1.807, 2.05) is 18.5 Å². The molecule has 1 saturated heterocycles. The third-order valence-corrected chi connectivity index (χ3v) is 6.92. The number of piperazine rings is 1. The minimum Gasteiger partial charge on any atom is -0.437 e. The number of hydrogen-bond donors (Lipinski definition) is 3. The number of nitrogens with one attached hydrogen (secondary N) is 3. The number of likely N-dealkylation sites (N-methyl/N-ethyl adjacent to an activating group) is 1. The van der Waals surface area contributed by atoms with Crippen molar-refractivity contribution in [2.75, 3.05) is 49.2 Å². The molecule has 3 heterocycles. The van der Waals surface area contributed by atoms with E-state index in [1.165, 1.54) is 29.5 Å². The second-order valence-corrected chi connectivity index (χ2v) is 9.77. The summed E-state index contributed by atoms with van der Waals surface area (Å²) in [5.74, 6) is 0.0528. The van der Waals surface area contributed by atoms with Crippen molar-refractivity contribution in [3.8, 4) is 11.6 Å². The van der Waals surface area contributed by atoms with Gasteiger partial charge in [0.2, 0.25) is 17.7 Å². The van der Waals surface area contributed by atoms with E-state index in [2.05, 4.69) is 37.4 Å². The average molecular weight is 548 g/mol. The Morgan fingerprint density at radius 2 is 1.87 bits per heavy atom. The van der Waals surface area contributed by atoms with Crippen LogP contribution in [0, 0.1) is 5.82 Å². The number of rotatable bonds is 7. The van der Waals surface area contributed by atoms with E-state index in [0.717, 1.165) is 17.8 Å². The predicted molar refractivity (Wildman–Crippen MR) is 151 cm³/mol. The Labute approximate surface area is 228 Å². The first kappa shape index (κ1) is 26.1. The summed E-state index contributed by atoms with van der Waals surface area (Å²) >= 11 is 1.42. The third-order valence-electron chi connectivity index (χ3n) is 6.03. The summed E-state index contributed by atoms with van der Waals surface area (Å²) in [5.41, 5.74) is 1.69. The van der Waals surface area contributed by atoms with Gasteiger partial charge in [0.15, 0.2) is 0 Å². The molecule has 0 radical (unpaired) electrons. The number of amides is 3. The van der Waals surface area contributed by atoms with Gasteiger partial charge in [-0.1, -0.05) is 12.6 Å². The second-order valence-electron chi connectivity index (χ2n) is 8.85. The monoisotopic (exact) mass is 547 g/mol. The number of urea groups is 1. The van der Waals surface area contributed by atoms with Crippen molar-refractivity contribution >= 4 is 56.5 Å². The van der Waals surface area contributed by atoms with Crippen LogP contribution in [0.5, 0.6) is 11.6 Å². The SMILES string of the molecule is C=CC(=O)Nc1cccc(Oc2nc(Nc3ccc(NC(=O)N4CCN(C)CC4)c(F)c3)nc3ccsc23)c1. The first-order chi connectivity index (χ1) is 18.9. The number of carbonyl (C=O) groups excluding carboxylic acids is 2.